The van der Waals surface area contributed by atoms with Crippen molar-refractivity contribution >= 4 is 5.82 Å². The highest BCUT2D eigenvalue weighted by Gasteiger charge is 2.37. The van der Waals surface area contributed by atoms with Gasteiger partial charge in [0.2, 0.25) is 0 Å². The van der Waals surface area contributed by atoms with Crippen molar-refractivity contribution in [3.63, 3.8) is 0 Å². The fraction of sp³-hybridized carbons (Fsp3) is 0.750. The summed E-state index contributed by atoms with van der Waals surface area (Å²) in [5.41, 5.74) is 3.38. The van der Waals surface area contributed by atoms with Crippen molar-refractivity contribution in [2.24, 2.45) is 5.84 Å². The van der Waals surface area contributed by atoms with Gasteiger partial charge in [-0.2, -0.15) is 0 Å². The van der Waals surface area contributed by atoms with Crippen LogP contribution < -0.4 is 11.3 Å². The summed E-state index contributed by atoms with van der Waals surface area (Å²) in [5, 5.41) is 0. The van der Waals surface area contributed by atoms with Gasteiger partial charge in [-0.1, -0.05) is 39.0 Å². The maximum Gasteiger partial charge on any atom is 0.162 e. The molecule has 2 rings (SSSR count). The molecule has 1 aliphatic carbocycles. The first-order chi connectivity index (χ1) is 10.2. The average Bonchev–Trinajstić information content (AvgIpc) is 2.74. The Hall–Kier alpha value is -1.20. The maximum atomic E-state index is 6.18. The number of ether oxygens (including phenoxy) is 1. The Bertz CT molecular complexity index is 442. The lowest BCUT2D eigenvalue weighted by molar-refractivity contribution is -0.0624. The number of nitrogens with one attached hydrogen (secondary N) is 1. The Balaban J connectivity index is 2.40. The first kappa shape index (κ1) is 16.2. The van der Waals surface area contributed by atoms with Gasteiger partial charge in [0.1, 0.15) is 11.4 Å². The summed E-state index contributed by atoms with van der Waals surface area (Å²) >= 11 is 0. The maximum absolute atomic E-state index is 6.18. The van der Waals surface area contributed by atoms with Gasteiger partial charge in [-0.15, -0.1) is 0 Å². The smallest absolute Gasteiger partial charge is 0.162 e. The molecule has 21 heavy (non-hydrogen) atoms. The molecule has 0 unspecified atom stereocenters. The molecule has 1 aliphatic rings. The lowest BCUT2D eigenvalue weighted by atomic mass is 9.92. The zero-order valence-electron chi connectivity index (χ0n) is 13.3. The van der Waals surface area contributed by atoms with Gasteiger partial charge >= 0.3 is 0 Å². The van der Waals surface area contributed by atoms with Crippen LogP contribution in [0.5, 0.6) is 0 Å². The number of nitrogen functional groups attached to an aromatic ring is 1. The molecule has 0 aliphatic heterocycles. The molecule has 0 bridgehead atoms. The van der Waals surface area contributed by atoms with E-state index in [1.54, 1.807) is 0 Å². The fourth-order valence-electron chi connectivity index (χ4n) is 3.17. The van der Waals surface area contributed by atoms with Gasteiger partial charge in [0.25, 0.3) is 0 Å². The minimum absolute atomic E-state index is 0.333. The summed E-state index contributed by atoms with van der Waals surface area (Å²) in [6.07, 6.45) is 8.88. The van der Waals surface area contributed by atoms with E-state index >= 15 is 0 Å². The van der Waals surface area contributed by atoms with Crippen molar-refractivity contribution in [2.75, 3.05) is 12.0 Å². The first-order valence-corrected chi connectivity index (χ1v) is 8.23. The van der Waals surface area contributed by atoms with Crippen LogP contribution in [0.1, 0.15) is 70.3 Å². The molecule has 0 aromatic carbocycles. The van der Waals surface area contributed by atoms with Crippen molar-refractivity contribution in [3.8, 4) is 0 Å². The topological polar surface area (TPSA) is 73.1 Å². The third kappa shape index (κ3) is 3.92. The van der Waals surface area contributed by atoms with Crippen LogP contribution >= 0.6 is 0 Å². The Kier molecular flexibility index (Phi) is 5.94. The van der Waals surface area contributed by atoms with Crippen LogP contribution in [0.25, 0.3) is 0 Å². The molecule has 1 aromatic heterocycles. The molecule has 0 atom stereocenters. The molecular formula is C16H28N4O. The molecule has 5 heteroatoms. The number of rotatable bonds is 6. The monoisotopic (exact) mass is 292 g/mol. The van der Waals surface area contributed by atoms with Crippen LogP contribution in [0.15, 0.2) is 6.07 Å². The first-order valence-electron chi connectivity index (χ1n) is 8.23. The molecule has 1 aromatic rings. The molecule has 5 nitrogen and oxygen atoms in total. The van der Waals surface area contributed by atoms with E-state index in [0.29, 0.717) is 12.4 Å². The Labute approximate surface area is 127 Å². The van der Waals surface area contributed by atoms with E-state index in [9.17, 15) is 0 Å². The number of hydrogen-bond donors (Lipinski definition) is 2. The van der Waals surface area contributed by atoms with Crippen LogP contribution in [0.3, 0.4) is 0 Å². The predicted octanol–water partition coefficient (Wildman–Crippen LogP) is 3.30. The Morgan fingerprint density at radius 2 is 1.90 bits per heavy atom. The van der Waals surface area contributed by atoms with Gasteiger partial charge in [-0.05, 0) is 26.2 Å². The van der Waals surface area contributed by atoms with E-state index in [1.807, 2.05) is 13.0 Å². The summed E-state index contributed by atoms with van der Waals surface area (Å²) in [4.78, 5) is 9.41. The standard InChI is InChI=1S/C16H28N4O/c1-3-9-13-12-14(20-17)19-15(18-13)16(21-4-2)10-7-5-6-8-11-16/h12H,3-11,17H2,1-2H3,(H,18,19,20). The van der Waals surface area contributed by atoms with Gasteiger partial charge in [-0.25, -0.2) is 15.8 Å². The second-order valence-electron chi connectivity index (χ2n) is 5.80. The van der Waals surface area contributed by atoms with Crippen molar-refractivity contribution in [1.82, 2.24) is 9.97 Å². The second-order valence-corrected chi connectivity index (χ2v) is 5.80. The highest BCUT2D eigenvalue weighted by atomic mass is 16.5. The molecule has 118 valence electrons. The van der Waals surface area contributed by atoms with E-state index in [1.165, 1.54) is 25.7 Å². The number of anilines is 1. The molecule has 0 saturated heterocycles. The van der Waals surface area contributed by atoms with Crippen LogP contribution in [0.2, 0.25) is 0 Å². The molecule has 0 spiro atoms. The van der Waals surface area contributed by atoms with Gasteiger partial charge in [0, 0.05) is 18.4 Å². The summed E-state index contributed by atoms with van der Waals surface area (Å²) in [7, 11) is 0. The summed E-state index contributed by atoms with van der Waals surface area (Å²) in [5.74, 6) is 7.08. The van der Waals surface area contributed by atoms with E-state index in [2.05, 4.69) is 17.3 Å². The lowest BCUT2D eigenvalue weighted by Gasteiger charge is -2.31. The number of hydrazine groups is 1. The molecule has 0 amide bonds. The third-order valence-corrected chi connectivity index (χ3v) is 4.17. The SMILES string of the molecule is CCCc1cc(NN)nc(C2(OCC)CCCCCC2)n1. The van der Waals surface area contributed by atoms with Crippen molar-refractivity contribution in [2.45, 2.75) is 70.8 Å². The predicted molar refractivity (Wildman–Crippen MR) is 84.8 cm³/mol. The van der Waals surface area contributed by atoms with Crippen LogP contribution in [0.4, 0.5) is 5.82 Å². The molecular weight excluding hydrogens is 264 g/mol. The van der Waals surface area contributed by atoms with Crippen molar-refractivity contribution < 1.29 is 4.74 Å². The molecule has 3 N–H and O–H groups in total. The van der Waals surface area contributed by atoms with Gasteiger partial charge in [-0.3, -0.25) is 0 Å². The van der Waals surface area contributed by atoms with Crippen LogP contribution in [-0.2, 0) is 16.8 Å². The normalized spacial score (nSPS) is 18.2. The van der Waals surface area contributed by atoms with E-state index in [-0.39, 0.29) is 5.60 Å². The Morgan fingerprint density at radius 3 is 2.48 bits per heavy atom. The number of hydrogen-bond acceptors (Lipinski definition) is 5. The second kappa shape index (κ2) is 7.71. The number of aryl methyl sites for hydroxylation is 1. The van der Waals surface area contributed by atoms with Gasteiger partial charge in [0.05, 0.1) is 0 Å². The van der Waals surface area contributed by atoms with Crippen LogP contribution in [0, 0.1) is 0 Å². The molecule has 1 heterocycles. The van der Waals surface area contributed by atoms with Crippen molar-refractivity contribution in [3.05, 3.63) is 17.6 Å². The molecule has 0 radical (unpaired) electrons. The highest BCUT2D eigenvalue weighted by molar-refractivity contribution is 5.35. The van der Waals surface area contributed by atoms with Crippen molar-refractivity contribution in [1.29, 1.82) is 0 Å². The van der Waals surface area contributed by atoms with Gasteiger partial charge < -0.3 is 10.2 Å². The van der Waals surface area contributed by atoms with Crippen LogP contribution in [-0.4, -0.2) is 16.6 Å². The zero-order chi connectivity index (χ0) is 15.1. The summed E-state index contributed by atoms with van der Waals surface area (Å²) in [6.45, 7) is 4.89. The molecule has 1 saturated carbocycles. The van der Waals surface area contributed by atoms with E-state index < -0.39 is 0 Å². The number of nitrogens with two attached hydrogens (primary N) is 1. The summed E-state index contributed by atoms with van der Waals surface area (Å²) in [6, 6.07) is 1.93. The zero-order valence-corrected chi connectivity index (χ0v) is 13.3. The highest BCUT2D eigenvalue weighted by Crippen LogP contribution is 2.38. The lowest BCUT2D eigenvalue weighted by Crippen LogP contribution is -2.32. The minimum atomic E-state index is -0.333. The average molecular weight is 292 g/mol. The minimum Gasteiger partial charge on any atom is -0.367 e. The fourth-order valence-corrected chi connectivity index (χ4v) is 3.17. The summed E-state index contributed by atoms with van der Waals surface area (Å²) < 4.78 is 6.18. The van der Waals surface area contributed by atoms with Gasteiger partial charge in [0.15, 0.2) is 5.82 Å². The molecule has 1 fully saturated rings. The third-order valence-electron chi connectivity index (χ3n) is 4.17. The van der Waals surface area contributed by atoms with E-state index in [0.717, 1.165) is 37.2 Å². The quantitative estimate of drug-likeness (QED) is 0.478. The van der Waals surface area contributed by atoms with E-state index in [4.69, 9.17) is 15.6 Å². The largest absolute Gasteiger partial charge is 0.367 e. The Morgan fingerprint density at radius 1 is 1.19 bits per heavy atom. The number of aromatic nitrogens is 2. The number of nitrogens with zero attached hydrogens (tertiary/aromatic N) is 2.